The van der Waals surface area contributed by atoms with Gasteiger partial charge < -0.3 is 5.11 Å². The summed E-state index contributed by atoms with van der Waals surface area (Å²) in [6.45, 7) is 3.80. The molecule has 0 aliphatic heterocycles. The Morgan fingerprint density at radius 2 is 1.90 bits per heavy atom. The van der Waals surface area contributed by atoms with Crippen molar-refractivity contribution >= 4 is 5.97 Å². The first-order valence-electron chi connectivity index (χ1n) is 6.52. The minimum Gasteiger partial charge on any atom is -0.481 e. The van der Waals surface area contributed by atoms with Gasteiger partial charge in [0.25, 0.3) is 0 Å². The first-order valence-corrected chi connectivity index (χ1v) is 6.52. The molecule has 0 saturated heterocycles. The summed E-state index contributed by atoms with van der Waals surface area (Å²) in [5, 5.41) is 9.47. The molecule has 104 valence electrons. The van der Waals surface area contributed by atoms with Crippen molar-refractivity contribution in [2.45, 2.75) is 26.2 Å². The molecule has 0 bridgehead atoms. The number of aryl methyl sites for hydroxylation is 2. The lowest BCUT2D eigenvalue weighted by molar-refractivity contribution is -0.138. The van der Waals surface area contributed by atoms with Gasteiger partial charge in [0.05, 0.1) is 5.92 Å². The molecule has 2 aromatic carbocycles. The number of hydrogen-bond acceptors (Lipinski definition) is 1. The van der Waals surface area contributed by atoms with Crippen LogP contribution in [0.5, 0.6) is 0 Å². The van der Waals surface area contributed by atoms with E-state index in [1.54, 1.807) is 18.2 Å². The third-order valence-corrected chi connectivity index (χ3v) is 3.49. The maximum atomic E-state index is 13.7. The average molecular weight is 272 g/mol. The summed E-state index contributed by atoms with van der Waals surface area (Å²) in [7, 11) is 0. The summed E-state index contributed by atoms with van der Waals surface area (Å²) in [6, 6.07) is 12.0. The summed E-state index contributed by atoms with van der Waals surface area (Å²) in [5.41, 5.74) is 3.10. The molecule has 3 heteroatoms. The van der Waals surface area contributed by atoms with Gasteiger partial charge in [-0.05, 0) is 43.0 Å². The number of aliphatic carboxylic acids is 1. The molecule has 2 rings (SSSR count). The van der Waals surface area contributed by atoms with Crippen LogP contribution in [0.4, 0.5) is 4.39 Å². The molecule has 0 heterocycles. The number of rotatable bonds is 4. The van der Waals surface area contributed by atoms with Gasteiger partial charge in [0.2, 0.25) is 0 Å². The number of carboxylic acid groups (broad SMARTS) is 1. The number of halogens is 1. The molecule has 0 saturated carbocycles. The Hall–Kier alpha value is -2.16. The number of benzene rings is 2. The van der Waals surface area contributed by atoms with Crippen molar-refractivity contribution in [3.05, 3.63) is 70.5 Å². The highest BCUT2D eigenvalue weighted by atomic mass is 19.1. The van der Waals surface area contributed by atoms with Gasteiger partial charge in [0, 0.05) is 0 Å². The summed E-state index contributed by atoms with van der Waals surface area (Å²) in [6.07, 6.45) is 0.159. The monoisotopic (exact) mass is 272 g/mol. The summed E-state index contributed by atoms with van der Waals surface area (Å²) in [5.74, 6) is -2.02. The first-order chi connectivity index (χ1) is 9.49. The van der Waals surface area contributed by atoms with Crippen molar-refractivity contribution in [3.8, 4) is 0 Å². The van der Waals surface area contributed by atoms with E-state index in [1.807, 2.05) is 32.0 Å². The summed E-state index contributed by atoms with van der Waals surface area (Å²) >= 11 is 0. The molecule has 0 aromatic heterocycles. The van der Waals surface area contributed by atoms with E-state index in [0.29, 0.717) is 5.56 Å². The van der Waals surface area contributed by atoms with E-state index >= 15 is 0 Å². The van der Waals surface area contributed by atoms with Crippen LogP contribution >= 0.6 is 0 Å². The molecule has 1 atom stereocenters. The van der Waals surface area contributed by atoms with Crippen LogP contribution in [0.3, 0.4) is 0 Å². The highest BCUT2D eigenvalue weighted by Crippen LogP contribution is 2.26. The lowest BCUT2D eigenvalue weighted by atomic mass is 9.88. The van der Waals surface area contributed by atoms with Crippen LogP contribution in [-0.4, -0.2) is 11.1 Å². The Balaban J connectivity index is 2.40. The normalized spacial score (nSPS) is 12.2. The Morgan fingerprint density at radius 1 is 1.20 bits per heavy atom. The third kappa shape index (κ3) is 3.05. The van der Waals surface area contributed by atoms with Crippen LogP contribution in [0, 0.1) is 19.7 Å². The molecule has 0 spiro atoms. The van der Waals surface area contributed by atoms with Crippen LogP contribution in [0.25, 0.3) is 0 Å². The fourth-order valence-electron chi connectivity index (χ4n) is 2.35. The van der Waals surface area contributed by atoms with E-state index in [4.69, 9.17) is 0 Å². The predicted molar refractivity (Wildman–Crippen MR) is 76.4 cm³/mol. The van der Waals surface area contributed by atoms with Crippen molar-refractivity contribution in [1.82, 2.24) is 0 Å². The van der Waals surface area contributed by atoms with Gasteiger partial charge in [-0.3, -0.25) is 4.79 Å². The van der Waals surface area contributed by atoms with Crippen LogP contribution in [0.1, 0.15) is 28.2 Å². The van der Waals surface area contributed by atoms with E-state index in [-0.39, 0.29) is 12.2 Å². The largest absolute Gasteiger partial charge is 0.481 e. The minimum absolute atomic E-state index is 0.159. The zero-order chi connectivity index (χ0) is 14.7. The van der Waals surface area contributed by atoms with Crippen molar-refractivity contribution < 1.29 is 14.3 Å². The van der Waals surface area contributed by atoms with Crippen molar-refractivity contribution in [3.63, 3.8) is 0 Å². The first kappa shape index (κ1) is 14.3. The van der Waals surface area contributed by atoms with Crippen LogP contribution in [0.15, 0.2) is 42.5 Å². The highest BCUT2D eigenvalue weighted by molar-refractivity contribution is 5.77. The highest BCUT2D eigenvalue weighted by Gasteiger charge is 2.23. The SMILES string of the molecule is Cc1ccc(C)c(C(Cc2ccccc2F)C(=O)O)c1. The lowest BCUT2D eigenvalue weighted by Crippen LogP contribution is -2.16. The Morgan fingerprint density at radius 3 is 2.55 bits per heavy atom. The van der Waals surface area contributed by atoms with E-state index in [2.05, 4.69) is 0 Å². The van der Waals surface area contributed by atoms with Gasteiger partial charge in [-0.15, -0.1) is 0 Å². The smallest absolute Gasteiger partial charge is 0.311 e. The Kier molecular flexibility index (Phi) is 4.18. The van der Waals surface area contributed by atoms with Crippen LogP contribution < -0.4 is 0 Å². The zero-order valence-electron chi connectivity index (χ0n) is 11.6. The molecule has 0 aliphatic carbocycles. The van der Waals surface area contributed by atoms with Gasteiger partial charge in [-0.25, -0.2) is 4.39 Å². The molecule has 2 aromatic rings. The summed E-state index contributed by atoms with van der Waals surface area (Å²) in [4.78, 5) is 11.6. The second kappa shape index (κ2) is 5.87. The van der Waals surface area contributed by atoms with Gasteiger partial charge in [-0.2, -0.15) is 0 Å². The molecular weight excluding hydrogens is 255 g/mol. The molecule has 1 N–H and O–H groups in total. The maximum absolute atomic E-state index is 13.7. The fourth-order valence-corrected chi connectivity index (χ4v) is 2.35. The third-order valence-electron chi connectivity index (χ3n) is 3.49. The molecule has 20 heavy (non-hydrogen) atoms. The van der Waals surface area contributed by atoms with Gasteiger partial charge in [0.15, 0.2) is 0 Å². The van der Waals surface area contributed by atoms with E-state index < -0.39 is 11.9 Å². The molecule has 0 amide bonds. The fraction of sp³-hybridized carbons (Fsp3) is 0.235. The number of carboxylic acids is 1. The van der Waals surface area contributed by atoms with E-state index in [1.165, 1.54) is 6.07 Å². The van der Waals surface area contributed by atoms with Crippen molar-refractivity contribution in [1.29, 1.82) is 0 Å². The maximum Gasteiger partial charge on any atom is 0.311 e. The standard InChI is InChI=1S/C17H17FO2/c1-11-7-8-12(2)14(9-11)15(17(19)20)10-13-5-3-4-6-16(13)18/h3-9,15H,10H2,1-2H3,(H,19,20). The van der Waals surface area contributed by atoms with Crippen molar-refractivity contribution in [2.24, 2.45) is 0 Å². The molecule has 2 nitrogen and oxygen atoms in total. The van der Waals surface area contributed by atoms with E-state index in [0.717, 1.165) is 16.7 Å². The Bertz CT molecular complexity index is 635. The number of carbonyl (C=O) groups is 1. The number of hydrogen-bond donors (Lipinski definition) is 1. The minimum atomic E-state index is -0.929. The second-order valence-corrected chi connectivity index (χ2v) is 5.05. The predicted octanol–water partition coefficient (Wildman–Crippen LogP) is 3.85. The van der Waals surface area contributed by atoms with Gasteiger partial charge in [0.1, 0.15) is 5.82 Å². The molecule has 1 unspecified atom stereocenters. The topological polar surface area (TPSA) is 37.3 Å². The van der Waals surface area contributed by atoms with Gasteiger partial charge in [-0.1, -0.05) is 42.0 Å². The zero-order valence-corrected chi connectivity index (χ0v) is 11.6. The van der Waals surface area contributed by atoms with Gasteiger partial charge >= 0.3 is 5.97 Å². The molecule has 0 fully saturated rings. The van der Waals surface area contributed by atoms with E-state index in [9.17, 15) is 14.3 Å². The second-order valence-electron chi connectivity index (χ2n) is 5.05. The van der Waals surface area contributed by atoms with Crippen molar-refractivity contribution in [2.75, 3.05) is 0 Å². The molecule has 0 radical (unpaired) electrons. The summed E-state index contributed by atoms with van der Waals surface area (Å²) < 4.78 is 13.7. The quantitative estimate of drug-likeness (QED) is 0.917. The Labute approximate surface area is 117 Å². The molecular formula is C17H17FO2. The molecule has 0 aliphatic rings. The average Bonchev–Trinajstić information content (AvgIpc) is 2.40. The van der Waals surface area contributed by atoms with Crippen LogP contribution in [-0.2, 0) is 11.2 Å². The lowest BCUT2D eigenvalue weighted by Gasteiger charge is -2.16. The van der Waals surface area contributed by atoms with Crippen LogP contribution in [0.2, 0.25) is 0 Å².